The fourth-order valence-corrected chi connectivity index (χ4v) is 2.97. The Balaban J connectivity index is 2.00. The third-order valence-corrected chi connectivity index (χ3v) is 4.05. The van der Waals surface area contributed by atoms with Crippen LogP contribution in [-0.4, -0.2) is 14.3 Å². The summed E-state index contributed by atoms with van der Waals surface area (Å²) in [6.45, 7) is 4.70. The SMILES string of the molecule is CC(C)n1ccc(Cn2c(=O)sc3ccccc32)n1. The standard InChI is InChI=1S/C14H15N3OS/c1-10(2)17-8-7-11(15-17)9-16-12-5-3-4-6-13(12)19-14(16)18/h3-8,10H,9H2,1-2H3. The number of aromatic nitrogens is 3. The summed E-state index contributed by atoms with van der Waals surface area (Å²) in [6, 6.07) is 10.2. The molecule has 1 aromatic carbocycles. The summed E-state index contributed by atoms with van der Waals surface area (Å²) in [7, 11) is 0. The van der Waals surface area contributed by atoms with Crippen molar-refractivity contribution in [2.24, 2.45) is 0 Å². The van der Waals surface area contributed by atoms with E-state index in [4.69, 9.17) is 0 Å². The predicted molar refractivity (Wildman–Crippen MR) is 77.8 cm³/mol. The summed E-state index contributed by atoms with van der Waals surface area (Å²) in [5, 5.41) is 4.49. The van der Waals surface area contributed by atoms with Crippen molar-refractivity contribution in [3.05, 3.63) is 51.9 Å². The molecule has 0 aliphatic heterocycles. The summed E-state index contributed by atoms with van der Waals surface area (Å²) in [6.07, 6.45) is 1.96. The maximum absolute atomic E-state index is 12.0. The average Bonchev–Trinajstić information content (AvgIpc) is 2.96. The Morgan fingerprint density at radius 3 is 2.79 bits per heavy atom. The van der Waals surface area contributed by atoms with Gasteiger partial charge in [0.25, 0.3) is 0 Å². The second-order valence-corrected chi connectivity index (χ2v) is 5.80. The van der Waals surface area contributed by atoms with Crippen molar-refractivity contribution in [2.75, 3.05) is 0 Å². The van der Waals surface area contributed by atoms with Crippen molar-refractivity contribution in [1.82, 2.24) is 14.3 Å². The summed E-state index contributed by atoms with van der Waals surface area (Å²) in [5.74, 6) is 0. The van der Waals surface area contributed by atoms with Crippen LogP contribution in [0.3, 0.4) is 0 Å². The van der Waals surface area contributed by atoms with Gasteiger partial charge in [0.1, 0.15) is 0 Å². The molecule has 0 fully saturated rings. The van der Waals surface area contributed by atoms with Gasteiger partial charge in [0.05, 0.1) is 22.5 Å². The molecule has 3 aromatic rings. The third-order valence-electron chi connectivity index (χ3n) is 3.09. The number of nitrogens with zero attached hydrogens (tertiary/aromatic N) is 3. The first-order valence-electron chi connectivity index (χ1n) is 6.27. The van der Waals surface area contributed by atoms with E-state index in [1.807, 2.05) is 41.2 Å². The van der Waals surface area contributed by atoms with E-state index in [2.05, 4.69) is 18.9 Å². The van der Waals surface area contributed by atoms with Gasteiger partial charge in [-0.2, -0.15) is 5.10 Å². The van der Waals surface area contributed by atoms with Gasteiger partial charge in [-0.05, 0) is 32.0 Å². The lowest BCUT2D eigenvalue weighted by Crippen LogP contribution is -2.14. The molecule has 0 spiro atoms. The molecule has 0 atom stereocenters. The van der Waals surface area contributed by atoms with E-state index >= 15 is 0 Å². The van der Waals surface area contributed by atoms with E-state index < -0.39 is 0 Å². The van der Waals surface area contributed by atoms with Gasteiger partial charge in [-0.3, -0.25) is 14.0 Å². The monoisotopic (exact) mass is 273 g/mol. The van der Waals surface area contributed by atoms with Crippen molar-refractivity contribution in [2.45, 2.75) is 26.4 Å². The van der Waals surface area contributed by atoms with Gasteiger partial charge in [-0.15, -0.1) is 0 Å². The van der Waals surface area contributed by atoms with Crippen LogP contribution in [0.5, 0.6) is 0 Å². The number of hydrogen-bond acceptors (Lipinski definition) is 3. The molecule has 19 heavy (non-hydrogen) atoms. The Labute approximate surface area is 114 Å². The van der Waals surface area contributed by atoms with Crippen LogP contribution in [0.2, 0.25) is 0 Å². The maximum atomic E-state index is 12.0. The third kappa shape index (κ3) is 2.21. The van der Waals surface area contributed by atoms with Crippen molar-refractivity contribution >= 4 is 21.6 Å². The summed E-state index contributed by atoms with van der Waals surface area (Å²) in [5.41, 5.74) is 1.90. The first-order valence-corrected chi connectivity index (χ1v) is 7.09. The Kier molecular flexibility index (Phi) is 2.98. The van der Waals surface area contributed by atoms with Crippen LogP contribution in [-0.2, 0) is 6.54 Å². The van der Waals surface area contributed by atoms with Gasteiger partial charge in [0.2, 0.25) is 0 Å². The maximum Gasteiger partial charge on any atom is 0.308 e. The number of para-hydroxylation sites is 1. The van der Waals surface area contributed by atoms with Crippen LogP contribution >= 0.6 is 11.3 Å². The molecule has 0 amide bonds. The minimum absolute atomic E-state index is 0.0697. The second-order valence-electron chi connectivity index (χ2n) is 4.80. The van der Waals surface area contributed by atoms with Crippen LogP contribution < -0.4 is 4.87 Å². The van der Waals surface area contributed by atoms with Crippen molar-refractivity contribution in [3.63, 3.8) is 0 Å². The normalized spacial score (nSPS) is 11.5. The summed E-state index contributed by atoms with van der Waals surface area (Å²) in [4.78, 5) is 12.1. The first-order chi connectivity index (χ1) is 9.15. The zero-order valence-corrected chi connectivity index (χ0v) is 11.7. The number of fused-ring (bicyclic) bond motifs is 1. The van der Waals surface area contributed by atoms with Crippen molar-refractivity contribution in [1.29, 1.82) is 0 Å². The second kappa shape index (κ2) is 4.66. The molecule has 0 saturated heterocycles. The van der Waals surface area contributed by atoms with Crippen LogP contribution in [0.1, 0.15) is 25.6 Å². The molecule has 0 bridgehead atoms. The summed E-state index contributed by atoms with van der Waals surface area (Å²) >= 11 is 1.28. The van der Waals surface area contributed by atoms with E-state index in [9.17, 15) is 4.79 Å². The largest absolute Gasteiger partial charge is 0.308 e. The lowest BCUT2D eigenvalue weighted by molar-refractivity contribution is 0.524. The molecule has 0 aliphatic rings. The highest BCUT2D eigenvalue weighted by atomic mass is 32.1. The highest BCUT2D eigenvalue weighted by molar-refractivity contribution is 7.16. The highest BCUT2D eigenvalue weighted by Gasteiger charge is 2.09. The van der Waals surface area contributed by atoms with Crippen LogP contribution in [0.25, 0.3) is 10.2 Å². The van der Waals surface area contributed by atoms with Crippen molar-refractivity contribution < 1.29 is 0 Å². The van der Waals surface area contributed by atoms with Gasteiger partial charge in [0.15, 0.2) is 0 Å². The Morgan fingerprint density at radius 1 is 1.26 bits per heavy atom. The van der Waals surface area contributed by atoms with Gasteiger partial charge >= 0.3 is 4.87 Å². The minimum atomic E-state index is 0.0697. The smallest absolute Gasteiger partial charge is 0.293 e. The van der Waals surface area contributed by atoms with Crippen molar-refractivity contribution in [3.8, 4) is 0 Å². The van der Waals surface area contributed by atoms with Gasteiger partial charge in [-0.1, -0.05) is 23.5 Å². The molecule has 0 unspecified atom stereocenters. The quantitative estimate of drug-likeness (QED) is 0.736. The van der Waals surface area contributed by atoms with E-state index in [0.29, 0.717) is 12.6 Å². The lowest BCUT2D eigenvalue weighted by Gasteiger charge is -2.04. The highest BCUT2D eigenvalue weighted by Crippen LogP contribution is 2.17. The average molecular weight is 273 g/mol. The molecular formula is C14H15N3OS. The Hall–Kier alpha value is -1.88. The fraction of sp³-hybridized carbons (Fsp3) is 0.286. The fourth-order valence-electron chi connectivity index (χ4n) is 2.08. The molecular weight excluding hydrogens is 258 g/mol. The van der Waals surface area contributed by atoms with E-state index in [1.165, 1.54) is 11.3 Å². The summed E-state index contributed by atoms with van der Waals surface area (Å²) < 4.78 is 4.72. The molecule has 4 nitrogen and oxygen atoms in total. The Morgan fingerprint density at radius 2 is 2.05 bits per heavy atom. The topological polar surface area (TPSA) is 39.8 Å². The molecule has 3 rings (SSSR count). The molecule has 5 heteroatoms. The number of benzene rings is 1. The number of thiazole rings is 1. The number of rotatable bonds is 3. The molecule has 0 radical (unpaired) electrons. The zero-order valence-electron chi connectivity index (χ0n) is 10.9. The predicted octanol–water partition coefficient (Wildman–Crippen LogP) is 2.89. The molecule has 2 heterocycles. The Bertz CT molecular complexity index is 766. The van der Waals surface area contributed by atoms with E-state index in [-0.39, 0.29) is 4.87 Å². The van der Waals surface area contributed by atoms with Crippen LogP contribution in [0.4, 0.5) is 0 Å². The number of hydrogen-bond donors (Lipinski definition) is 0. The molecule has 0 aliphatic carbocycles. The lowest BCUT2D eigenvalue weighted by atomic mass is 10.3. The molecule has 2 aromatic heterocycles. The van der Waals surface area contributed by atoms with Crippen LogP contribution in [0, 0.1) is 0 Å². The van der Waals surface area contributed by atoms with Gasteiger partial charge in [0, 0.05) is 12.2 Å². The molecule has 0 N–H and O–H groups in total. The van der Waals surface area contributed by atoms with Crippen LogP contribution in [0.15, 0.2) is 41.3 Å². The zero-order chi connectivity index (χ0) is 13.4. The van der Waals surface area contributed by atoms with E-state index in [0.717, 1.165) is 15.9 Å². The molecule has 98 valence electrons. The van der Waals surface area contributed by atoms with Gasteiger partial charge in [-0.25, -0.2) is 0 Å². The minimum Gasteiger partial charge on any atom is -0.293 e. The molecule has 0 saturated carbocycles. The van der Waals surface area contributed by atoms with Gasteiger partial charge < -0.3 is 0 Å². The first kappa shape index (κ1) is 12.2. The van der Waals surface area contributed by atoms with E-state index in [1.54, 1.807) is 4.57 Å².